The summed E-state index contributed by atoms with van der Waals surface area (Å²) in [7, 11) is 1.74. The van der Waals surface area contributed by atoms with E-state index in [1.807, 2.05) is 24.4 Å². The minimum atomic E-state index is 0.0604. The molecule has 3 atom stereocenters. The van der Waals surface area contributed by atoms with Crippen LogP contribution >= 0.6 is 11.3 Å². The van der Waals surface area contributed by atoms with Gasteiger partial charge in [0, 0.05) is 31.1 Å². The SMILES string of the molecule is COC1CCN(CC(=O)NC(C)c2cccs2)C(CN)C1. The second kappa shape index (κ2) is 7.89. The molecule has 1 aliphatic rings. The molecule has 1 aromatic heterocycles. The number of hydrogen-bond acceptors (Lipinski definition) is 5. The summed E-state index contributed by atoms with van der Waals surface area (Å²) in [5, 5.41) is 5.08. The number of carbonyl (C=O) groups is 1. The molecule has 2 heterocycles. The highest BCUT2D eigenvalue weighted by Gasteiger charge is 2.28. The number of ether oxygens (including phenoxy) is 1. The Balaban J connectivity index is 1.84. The maximum atomic E-state index is 12.2. The number of nitrogens with two attached hydrogens (primary N) is 1. The summed E-state index contributed by atoms with van der Waals surface area (Å²) in [6, 6.07) is 4.34. The van der Waals surface area contributed by atoms with E-state index in [2.05, 4.69) is 10.2 Å². The van der Waals surface area contributed by atoms with Crippen LogP contribution in [0.1, 0.15) is 30.7 Å². The molecule has 6 heteroatoms. The maximum absolute atomic E-state index is 12.2. The van der Waals surface area contributed by atoms with E-state index in [9.17, 15) is 4.79 Å². The van der Waals surface area contributed by atoms with Gasteiger partial charge in [-0.1, -0.05) is 6.07 Å². The summed E-state index contributed by atoms with van der Waals surface area (Å²) >= 11 is 1.66. The summed E-state index contributed by atoms with van der Waals surface area (Å²) in [6.07, 6.45) is 2.13. The van der Waals surface area contributed by atoms with Gasteiger partial charge in [0.05, 0.1) is 18.7 Å². The first-order chi connectivity index (χ1) is 10.1. The van der Waals surface area contributed by atoms with Crippen molar-refractivity contribution in [3.05, 3.63) is 22.4 Å². The Hall–Kier alpha value is -0.950. The Kier molecular flexibility index (Phi) is 6.17. The molecule has 3 N–H and O–H groups in total. The molecule has 1 aromatic rings. The minimum Gasteiger partial charge on any atom is -0.381 e. The number of likely N-dealkylation sites (tertiary alicyclic amines) is 1. The molecule has 118 valence electrons. The van der Waals surface area contributed by atoms with Crippen LogP contribution in [0.15, 0.2) is 17.5 Å². The average Bonchev–Trinajstić information content (AvgIpc) is 3.01. The van der Waals surface area contributed by atoms with Crippen LogP contribution in [-0.2, 0) is 9.53 Å². The zero-order chi connectivity index (χ0) is 15.2. The van der Waals surface area contributed by atoms with Gasteiger partial charge < -0.3 is 15.8 Å². The highest BCUT2D eigenvalue weighted by molar-refractivity contribution is 7.10. The molecular weight excluding hydrogens is 286 g/mol. The van der Waals surface area contributed by atoms with Gasteiger partial charge in [0.25, 0.3) is 0 Å². The molecule has 0 saturated carbocycles. The first-order valence-electron chi connectivity index (χ1n) is 7.43. The molecule has 2 rings (SSSR count). The van der Waals surface area contributed by atoms with Crippen molar-refractivity contribution in [2.24, 2.45) is 5.73 Å². The van der Waals surface area contributed by atoms with Crippen molar-refractivity contribution in [2.45, 2.75) is 38.0 Å². The molecule has 5 nitrogen and oxygen atoms in total. The van der Waals surface area contributed by atoms with Gasteiger partial charge in [0.15, 0.2) is 0 Å². The second-order valence-electron chi connectivity index (χ2n) is 5.55. The van der Waals surface area contributed by atoms with Crippen molar-refractivity contribution in [2.75, 3.05) is 26.7 Å². The van der Waals surface area contributed by atoms with Crippen LogP contribution in [0.4, 0.5) is 0 Å². The minimum absolute atomic E-state index is 0.0604. The summed E-state index contributed by atoms with van der Waals surface area (Å²) in [6.45, 7) is 3.85. The van der Waals surface area contributed by atoms with Gasteiger partial charge in [-0.05, 0) is 31.2 Å². The molecular formula is C15H25N3O2S. The molecule has 3 unspecified atom stereocenters. The Morgan fingerprint density at radius 3 is 3.10 bits per heavy atom. The third-order valence-corrected chi connectivity index (χ3v) is 5.14. The third-order valence-electron chi connectivity index (χ3n) is 4.09. The van der Waals surface area contributed by atoms with Gasteiger partial charge in [0.1, 0.15) is 0 Å². The van der Waals surface area contributed by atoms with Gasteiger partial charge in [-0.2, -0.15) is 0 Å². The van der Waals surface area contributed by atoms with E-state index in [1.54, 1.807) is 18.4 Å². The molecule has 0 aliphatic carbocycles. The summed E-state index contributed by atoms with van der Waals surface area (Å²) in [4.78, 5) is 15.6. The first-order valence-corrected chi connectivity index (χ1v) is 8.31. The number of rotatable bonds is 6. The van der Waals surface area contributed by atoms with Gasteiger partial charge in [-0.15, -0.1) is 11.3 Å². The van der Waals surface area contributed by atoms with Crippen molar-refractivity contribution in [3.8, 4) is 0 Å². The van der Waals surface area contributed by atoms with Crippen LogP contribution in [0, 0.1) is 0 Å². The number of methoxy groups -OCH3 is 1. The molecule has 0 bridgehead atoms. The quantitative estimate of drug-likeness (QED) is 0.832. The second-order valence-corrected chi connectivity index (χ2v) is 6.53. The summed E-state index contributed by atoms with van der Waals surface area (Å²) in [5.74, 6) is 0.0604. The van der Waals surface area contributed by atoms with Gasteiger partial charge in [-0.25, -0.2) is 0 Å². The standard InChI is InChI=1S/C15H25N3O2S/c1-11(14-4-3-7-21-14)17-15(19)10-18-6-5-13(20-2)8-12(18)9-16/h3-4,7,11-13H,5-6,8-10,16H2,1-2H3,(H,17,19). The lowest BCUT2D eigenvalue weighted by Gasteiger charge is -2.38. The zero-order valence-corrected chi connectivity index (χ0v) is 13.6. The highest BCUT2D eigenvalue weighted by Crippen LogP contribution is 2.20. The molecule has 1 saturated heterocycles. The lowest BCUT2D eigenvalue weighted by Crippen LogP contribution is -2.51. The van der Waals surface area contributed by atoms with Crippen LogP contribution in [0.5, 0.6) is 0 Å². The van der Waals surface area contributed by atoms with Crippen LogP contribution < -0.4 is 11.1 Å². The largest absolute Gasteiger partial charge is 0.381 e. The first kappa shape index (κ1) is 16.4. The van der Waals surface area contributed by atoms with E-state index in [1.165, 1.54) is 4.88 Å². The number of hydrogen-bond donors (Lipinski definition) is 2. The molecule has 0 radical (unpaired) electrons. The molecule has 0 aromatic carbocycles. The van der Waals surface area contributed by atoms with Gasteiger partial charge in [-0.3, -0.25) is 9.69 Å². The van der Waals surface area contributed by atoms with Gasteiger partial charge in [0.2, 0.25) is 5.91 Å². The topological polar surface area (TPSA) is 67.6 Å². The number of piperidine rings is 1. The van der Waals surface area contributed by atoms with Crippen LogP contribution in [0.2, 0.25) is 0 Å². The van der Waals surface area contributed by atoms with Crippen molar-refractivity contribution >= 4 is 17.2 Å². The fraction of sp³-hybridized carbons (Fsp3) is 0.667. The molecule has 21 heavy (non-hydrogen) atoms. The predicted molar refractivity (Wildman–Crippen MR) is 85.3 cm³/mol. The fourth-order valence-corrected chi connectivity index (χ4v) is 3.55. The van der Waals surface area contributed by atoms with E-state index in [-0.39, 0.29) is 24.1 Å². The van der Waals surface area contributed by atoms with Crippen LogP contribution in [-0.4, -0.2) is 49.7 Å². The molecule has 1 fully saturated rings. The highest BCUT2D eigenvalue weighted by atomic mass is 32.1. The van der Waals surface area contributed by atoms with Crippen molar-refractivity contribution in [3.63, 3.8) is 0 Å². The number of amides is 1. The molecule has 1 aliphatic heterocycles. The van der Waals surface area contributed by atoms with E-state index >= 15 is 0 Å². The van der Waals surface area contributed by atoms with E-state index < -0.39 is 0 Å². The average molecular weight is 311 g/mol. The Morgan fingerprint density at radius 1 is 1.67 bits per heavy atom. The Morgan fingerprint density at radius 2 is 2.48 bits per heavy atom. The summed E-state index contributed by atoms with van der Waals surface area (Å²) in [5.41, 5.74) is 5.84. The van der Waals surface area contributed by atoms with Crippen molar-refractivity contribution in [1.82, 2.24) is 10.2 Å². The van der Waals surface area contributed by atoms with Gasteiger partial charge >= 0.3 is 0 Å². The number of nitrogens with zero attached hydrogens (tertiary/aromatic N) is 1. The zero-order valence-electron chi connectivity index (χ0n) is 12.7. The molecule has 0 spiro atoms. The van der Waals surface area contributed by atoms with Crippen LogP contribution in [0.25, 0.3) is 0 Å². The summed E-state index contributed by atoms with van der Waals surface area (Å²) < 4.78 is 5.41. The molecule has 1 amide bonds. The lowest BCUT2D eigenvalue weighted by molar-refractivity contribution is -0.124. The van der Waals surface area contributed by atoms with Crippen LogP contribution in [0.3, 0.4) is 0 Å². The maximum Gasteiger partial charge on any atom is 0.234 e. The Bertz CT molecular complexity index is 438. The number of carbonyl (C=O) groups excluding carboxylic acids is 1. The lowest BCUT2D eigenvalue weighted by atomic mass is 9.99. The number of nitrogens with one attached hydrogen (secondary N) is 1. The fourth-order valence-electron chi connectivity index (χ4n) is 2.81. The smallest absolute Gasteiger partial charge is 0.234 e. The van der Waals surface area contributed by atoms with E-state index in [0.717, 1.165) is 19.4 Å². The van der Waals surface area contributed by atoms with E-state index in [0.29, 0.717) is 13.1 Å². The normalized spacial score (nSPS) is 24.7. The monoisotopic (exact) mass is 311 g/mol. The number of thiophene rings is 1. The Labute approximate surface area is 130 Å². The predicted octanol–water partition coefficient (Wildman–Crippen LogP) is 1.36. The van der Waals surface area contributed by atoms with Crippen molar-refractivity contribution in [1.29, 1.82) is 0 Å². The van der Waals surface area contributed by atoms with Crippen molar-refractivity contribution < 1.29 is 9.53 Å². The third kappa shape index (κ3) is 4.51. The van der Waals surface area contributed by atoms with E-state index in [4.69, 9.17) is 10.5 Å².